The number of nitrogens with zero attached hydrogens (tertiary/aromatic N) is 4. The highest BCUT2D eigenvalue weighted by atomic mass is 16.3. The first-order valence-corrected chi connectivity index (χ1v) is 9.09. The number of anilines is 1. The van der Waals surface area contributed by atoms with Crippen LogP contribution in [-0.2, 0) is 4.79 Å². The number of rotatable bonds is 4. The molecule has 1 amide bonds. The third-order valence-electron chi connectivity index (χ3n) is 5.23. The standard InChI is InChI=1S/C19H26N4O2/c20-14-16-4-1-2-6-18(16)22-8-10-23(11-9-22)19(25)17-5-3-7-21(15-17)12-13-24/h1-2,4,6,17,24H,3,5,7-13,15H2/t17-/m1/s1. The van der Waals surface area contributed by atoms with Crippen LogP contribution in [0.3, 0.4) is 0 Å². The Morgan fingerprint density at radius 2 is 1.96 bits per heavy atom. The lowest BCUT2D eigenvalue weighted by atomic mass is 9.96. The lowest BCUT2D eigenvalue weighted by molar-refractivity contribution is -0.137. The fraction of sp³-hybridized carbons (Fsp3) is 0.579. The highest BCUT2D eigenvalue weighted by molar-refractivity contribution is 5.79. The molecule has 25 heavy (non-hydrogen) atoms. The summed E-state index contributed by atoms with van der Waals surface area (Å²) in [5, 5.41) is 18.4. The van der Waals surface area contributed by atoms with Crippen molar-refractivity contribution in [2.24, 2.45) is 5.92 Å². The number of nitriles is 1. The van der Waals surface area contributed by atoms with Crippen LogP contribution in [0.2, 0.25) is 0 Å². The number of hydrogen-bond donors (Lipinski definition) is 1. The zero-order chi connectivity index (χ0) is 17.6. The lowest BCUT2D eigenvalue weighted by Gasteiger charge is -2.39. The van der Waals surface area contributed by atoms with Crippen LogP contribution in [0.4, 0.5) is 5.69 Å². The second-order valence-electron chi connectivity index (χ2n) is 6.80. The number of aliphatic hydroxyl groups is 1. The smallest absolute Gasteiger partial charge is 0.227 e. The molecule has 0 saturated carbocycles. The Morgan fingerprint density at radius 3 is 2.68 bits per heavy atom. The monoisotopic (exact) mass is 342 g/mol. The van der Waals surface area contributed by atoms with Crippen LogP contribution in [-0.4, -0.2) is 73.2 Å². The predicted octanol–water partition coefficient (Wildman–Crippen LogP) is 0.911. The van der Waals surface area contributed by atoms with Crippen molar-refractivity contribution in [3.63, 3.8) is 0 Å². The summed E-state index contributed by atoms with van der Waals surface area (Å²) in [7, 11) is 0. The highest BCUT2D eigenvalue weighted by Gasteiger charge is 2.31. The summed E-state index contributed by atoms with van der Waals surface area (Å²) >= 11 is 0. The van der Waals surface area contributed by atoms with Gasteiger partial charge in [-0.1, -0.05) is 12.1 Å². The van der Waals surface area contributed by atoms with E-state index in [2.05, 4.69) is 15.9 Å². The van der Waals surface area contributed by atoms with Gasteiger partial charge >= 0.3 is 0 Å². The minimum absolute atomic E-state index is 0.0539. The number of likely N-dealkylation sites (tertiary alicyclic amines) is 1. The van der Waals surface area contributed by atoms with Gasteiger partial charge in [-0.3, -0.25) is 4.79 Å². The Labute approximate surface area is 149 Å². The molecule has 1 atom stereocenters. The highest BCUT2D eigenvalue weighted by Crippen LogP contribution is 2.23. The van der Waals surface area contributed by atoms with Crippen molar-refractivity contribution in [1.82, 2.24) is 9.80 Å². The number of piperazine rings is 1. The van der Waals surface area contributed by atoms with Crippen molar-refractivity contribution in [3.8, 4) is 6.07 Å². The maximum absolute atomic E-state index is 12.8. The van der Waals surface area contributed by atoms with Gasteiger partial charge in [0.1, 0.15) is 6.07 Å². The summed E-state index contributed by atoms with van der Waals surface area (Å²) in [5.41, 5.74) is 1.65. The van der Waals surface area contributed by atoms with Crippen LogP contribution < -0.4 is 4.90 Å². The summed E-state index contributed by atoms with van der Waals surface area (Å²) in [5.74, 6) is 0.300. The van der Waals surface area contributed by atoms with Gasteiger partial charge in [0.25, 0.3) is 0 Å². The van der Waals surface area contributed by atoms with Crippen molar-refractivity contribution in [3.05, 3.63) is 29.8 Å². The van der Waals surface area contributed by atoms with Gasteiger partial charge in [-0.25, -0.2) is 0 Å². The molecule has 0 unspecified atom stereocenters. The fourth-order valence-corrected chi connectivity index (χ4v) is 3.87. The molecule has 0 aromatic heterocycles. The minimum Gasteiger partial charge on any atom is -0.395 e. The largest absolute Gasteiger partial charge is 0.395 e. The molecular formula is C19H26N4O2. The maximum atomic E-state index is 12.8. The summed E-state index contributed by atoms with van der Waals surface area (Å²) in [6, 6.07) is 9.89. The average molecular weight is 342 g/mol. The van der Waals surface area contributed by atoms with Crippen molar-refractivity contribution in [2.75, 3.05) is 57.3 Å². The third-order valence-corrected chi connectivity index (χ3v) is 5.23. The molecule has 1 N–H and O–H groups in total. The number of para-hydroxylation sites is 1. The average Bonchev–Trinajstić information content (AvgIpc) is 2.68. The van der Waals surface area contributed by atoms with E-state index < -0.39 is 0 Å². The molecule has 0 radical (unpaired) electrons. The predicted molar refractivity (Wildman–Crippen MR) is 96.2 cm³/mol. The first kappa shape index (κ1) is 17.7. The van der Waals surface area contributed by atoms with Gasteiger partial charge in [-0.05, 0) is 31.5 Å². The number of hydrogen-bond acceptors (Lipinski definition) is 5. The van der Waals surface area contributed by atoms with E-state index in [0.717, 1.165) is 44.7 Å². The van der Waals surface area contributed by atoms with E-state index >= 15 is 0 Å². The maximum Gasteiger partial charge on any atom is 0.227 e. The minimum atomic E-state index is 0.0539. The van der Waals surface area contributed by atoms with Crippen molar-refractivity contribution in [2.45, 2.75) is 12.8 Å². The summed E-state index contributed by atoms with van der Waals surface area (Å²) < 4.78 is 0. The molecule has 134 valence electrons. The molecule has 1 aromatic carbocycles. The van der Waals surface area contributed by atoms with Gasteiger partial charge in [0.05, 0.1) is 23.8 Å². The summed E-state index contributed by atoms with van der Waals surface area (Å²) in [6.07, 6.45) is 1.96. The first-order valence-electron chi connectivity index (χ1n) is 9.09. The molecular weight excluding hydrogens is 316 g/mol. The zero-order valence-corrected chi connectivity index (χ0v) is 14.6. The zero-order valence-electron chi connectivity index (χ0n) is 14.6. The Morgan fingerprint density at radius 1 is 1.20 bits per heavy atom. The van der Waals surface area contributed by atoms with Gasteiger partial charge in [-0.2, -0.15) is 5.26 Å². The molecule has 1 aromatic rings. The Bertz CT molecular complexity index is 633. The molecule has 3 rings (SSSR count). The van der Waals surface area contributed by atoms with Gasteiger partial charge in [0.2, 0.25) is 5.91 Å². The second kappa shape index (κ2) is 8.32. The number of aliphatic hydroxyl groups excluding tert-OH is 1. The normalized spacial score (nSPS) is 21.8. The Balaban J connectivity index is 1.57. The topological polar surface area (TPSA) is 70.8 Å². The molecule has 0 aliphatic carbocycles. The summed E-state index contributed by atoms with van der Waals surface area (Å²) in [4.78, 5) is 19.2. The number of carbonyl (C=O) groups excluding carboxylic acids is 1. The first-order chi connectivity index (χ1) is 12.2. The van der Waals surface area contributed by atoms with E-state index in [1.807, 2.05) is 29.2 Å². The number of piperidine rings is 1. The molecule has 2 heterocycles. The van der Waals surface area contributed by atoms with Crippen LogP contribution in [0, 0.1) is 17.2 Å². The quantitative estimate of drug-likeness (QED) is 0.881. The van der Waals surface area contributed by atoms with E-state index in [9.17, 15) is 10.1 Å². The van der Waals surface area contributed by atoms with E-state index in [4.69, 9.17) is 5.11 Å². The van der Waals surface area contributed by atoms with E-state index in [1.54, 1.807) is 0 Å². The van der Waals surface area contributed by atoms with Crippen LogP contribution in [0.5, 0.6) is 0 Å². The van der Waals surface area contributed by atoms with Crippen LogP contribution >= 0.6 is 0 Å². The van der Waals surface area contributed by atoms with Crippen molar-refractivity contribution < 1.29 is 9.90 Å². The number of amides is 1. The van der Waals surface area contributed by atoms with E-state index in [0.29, 0.717) is 25.2 Å². The van der Waals surface area contributed by atoms with Gasteiger partial charge in [0.15, 0.2) is 0 Å². The molecule has 6 heteroatoms. The number of carbonyl (C=O) groups is 1. The molecule has 2 saturated heterocycles. The van der Waals surface area contributed by atoms with E-state index in [1.165, 1.54) is 0 Å². The van der Waals surface area contributed by atoms with Crippen molar-refractivity contribution >= 4 is 11.6 Å². The SMILES string of the molecule is N#Cc1ccccc1N1CCN(C(=O)[C@@H]2CCCN(CCO)C2)CC1. The number of benzene rings is 1. The Kier molecular flexibility index (Phi) is 5.90. The van der Waals surface area contributed by atoms with Crippen LogP contribution in [0.1, 0.15) is 18.4 Å². The molecule has 6 nitrogen and oxygen atoms in total. The second-order valence-corrected chi connectivity index (χ2v) is 6.80. The molecule has 2 aliphatic rings. The van der Waals surface area contributed by atoms with E-state index in [-0.39, 0.29) is 18.4 Å². The molecule has 2 fully saturated rings. The summed E-state index contributed by atoms with van der Waals surface area (Å²) in [6.45, 7) is 5.47. The molecule has 0 bridgehead atoms. The lowest BCUT2D eigenvalue weighted by Crippen LogP contribution is -2.52. The van der Waals surface area contributed by atoms with Crippen LogP contribution in [0.15, 0.2) is 24.3 Å². The van der Waals surface area contributed by atoms with Crippen molar-refractivity contribution in [1.29, 1.82) is 5.26 Å². The number of β-amino-alcohol motifs (C(OH)–C–C–N with tert-alkyl or cyclic N) is 1. The fourth-order valence-electron chi connectivity index (χ4n) is 3.87. The van der Waals surface area contributed by atoms with Gasteiger partial charge in [-0.15, -0.1) is 0 Å². The molecule has 2 aliphatic heterocycles. The third kappa shape index (κ3) is 4.12. The van der Waals surface area contributed by atoms with Gasteiger partial charge < -0.3 is 19.8 Å². The Hall–Kier alpha value is -2.10. The van der Waals surface area contributed by atoms with Gasteiger partial charge in [0, 0.05) is 39.3 Å². The molecule has 0 spiro atoms. The van der Waals surface area contributed by atoms with Crippen LogP contribution in [0.25, 0.3) is 0 Å².